The topological polar surface area (TPSA) is 83.2 Å². The van der Waals surface area contributed by atoms with Crippen molar-refractivity contribution in [3.05, 3.63) is 234 Å². The molecule has 0 bridgehead atoms. The van der Waals surface area contributed by atoms with E-state index in [1.807, 2.05) is 138 Å². The van der Waals surface area contributed by atoms with E-state index in [1.165, 1.54) is 6.07 Å². The molecule has 332 valence electrons. The van der Waals surface area contributed by atoms with E-state index in [0.29, 0.717) is 23.4 Å². The van der Waals surface area contributed by atoms with Crippen LogP contribution in [0.2, 0.25) is 0 Å². The minimum atomic E-state index is -4.73. The van der Waals surface area contributed by atoms with Crippen LogP contribution in [0, 0.1) is 22.7 Å². The summed E-state index contributed by atoms with van der Waals surface area (Å²) in [7, 11) is 0. The van der Waals surface area contributed by atoms with Crippen LogP contribution in [0.5, 0.6) is 0 Å². The first-order valence-corrected chi connectivity index (χ1v) is 22.8. The predicted octanol–water partition coefficient (Wildman–Crippen LogP) is 15.3. The Kier molecular flexibility index (Phi) is 10.1. The molecule has 0 saturated heterocycles. The molecule has 70 heavy (non-hydrogen) atoms. The summed E-state index contributed by atoms with van der Waals surface area (Å²) in [4.78, 5) is 9.34. The Hall–Kier alpha value is -9.31. The van der Waals surface area contributed by atoms with Gasteiger partial charge in [0.2, 0.25) is 0 Å². The Morgan fingerprint density at radius 2 is 1.17 bits per heavy atom. The number of halogens is 3. The van der Waals surface area contributed by atoms with Crippen molar-refractivity contribution >= 4 is 38.8 Å². The number of hydrogen-bond acceptors (Lipinski definition) is 4. The molecule has 12 rings (SSSR count). The smallest absolute Gasteiger partial charge is 0.308 e. The summed E-state index contributed by atoms with van der Waals surface area (Å²) in [5.41, 5.74) is 11.8. The van der Waals surface area contributed by atoms with Gasteiger partial charge in [0.25, 0.3) is 0 Å². The summed E-state index contributed by atoms with van der Waals surface area (Å²) in [5, 5.41) is 24.6. The number of benzene rings is 7. The first-order valence-electron chi connectivity index (χ1n) is 22.8. The lowest BCUT2D eigenvalue weighted by Crippen LogP contribution is -2.11. The fourth-order valence-electron chi connectivity index (χ4n) is 10.3. The number of allylic oxidation sites excluding steroid dienone is 1. The standard InChI is InChI=1S/C61H37F3N6/c62-61(63,64)46-30-38(36-65)29-45(31-46)47-21-24-59(69-55-17-9-7-15-48(55)50-32-41(19-22-57(50)69)43-25-27-67-53(34-43)39-11-3-1-4-12-39)52(37-66)60(47)70-56-18-10-8-16-49(56)51-33-42(20-23-58(51)70)44-26-28-68-54(35-44)40-13-5-2-6-14-40/h1-32,34-35,42H,33H2. The average Bonchev–Trinajstić information content (AvgIpc) is 3.92. The number of hydrogen-bond donors (Lipinski definition) is 0. The Bertz CT molecular complexity index is 4000. The maximum absolute atomic E-state index is 14.6. The van der Waals surface area contributed by atoms with Gasteiger partial charge in [0, 0.05) is 56.9 Å². The molecule has 4 aromatic heterocycles. The van der Waals surface area contributed by atoms with Crippen molar-refractivity contribution < 1.29 is 13.2 Å². The molecule has 4 heterocycles. The van der Waals surface area contributed by atoms with Crippen molar-refractivity contribution in [2.24, 2.45) is 0 Å². The monoisotopic (exact) mass is 910 g/mol. The van der Waals surface area contributed by atoms with Gasteiger partial charge in [0.1, 0.15) is 11.6 Å². The first-order chi connectivity index (χ1) is 34.2. The fraction of sp³-hybridized carbons (Fsp3) is 0.0492. The largest absolute Gasteiger partial charge is 0.416 e. The van der Waals surface area contributed by atoms with E-state index in [-0.39, 0.29) is 22.6 Å². The van der Waals surface area contributed by atoms with E-state index < -0.39 is 11.7 Å². The van der Waals surface area contributed by atoms with Crippen LogP contribution in [0.3, 0.4) is 0 Å². The van der Waals surface area contributed by atoms with Crippen LogP contribution < -0.4 is 0 Å². The van der Waals surface area contributed by atoms with E-state index >= 15 is 0 Å². The van der Waals surface area contributed by atoms with E-state index in [9.17, 15) is 23.7 Å². The number of fused-ring (bicyclic) bond motifs is 6. The molecule has 0 radical (unpaired) electrons. The Morgan fingerprint density at radius 3 is 1.89 bits per heavy atom. The van der Waals surface area contributed by atoms with E-state index in [1.54, 1.807) is 6.07 Å². The number of nitrogens with zero attached hydrogens (tertiary/aromatic N) is 6. The molecule has 0 aliphatic heterocycles. The highest BCUT2D eigenvalue weighted by Crippen LogP contribution is 2.45. The lowest BCUT2D eigenvalue weighted by molar-refractivity contribution is -0.137. The minimum absolute atomic E-state index is 0.0142. The summed E-state index contributed by atoms with van der Waals surface area (Å²) in [6.45, 7) is 0. The zero-order valence-corrected chi connectivity index (χ0v) is 37.2. The second-order valence-electron chi connectivity index (χ2n) is 17.5. The molecule has 0 N–H and O–H groups in total. The van der Waals surface area contributed by atoms with Crippen molar-refractivity contribution in [1.82, 2.24) is 19.1 Å². The normalized spacial score (nSPS) is 13.4. The van der Waals surface area contributed by atoms with Crippen molar-refractivity contribution in [1.29, 1.82) is 10.5 Å². The van der Waals surface area contributed by atoms with Gasteiger partial charge in [0.15, 0.2) is 0 Å². The Labute approximate surface area is 400 Å². The second kappa shape index (κ2) is 16.8. The van der Waals surface area contributed by atoms with Crippen LogP contribution in [-0.2, 0) is 12.6 Å². The van der Waals surface area contributed by atoms with Crippen molar-refractivity contribution in [2.75, 3.05) is 0 Å². The van der Waals surface area contributed by atoms with Gasteiger partial charge in [-0.2, -0.15) is 23.7 Å². The molecule has 0 spiro atoms. The highest BCUT2D eigenvalue weighted by atomic mass is 19.4. The van der Waals surface area contributed by atoms with Crippen LogP contribution in [0.15, 0.2) is 200 Å². The van der Waals surface area contributed by atoms with E-state index in [0.717, 1.165) is 95.3 Å². The molecule has 1 aliphatic carbocycles. The summed E-state index contributed by atoms with van der Waals surface area (Å²) in [5.74, 6) is -0.0142. The third kappa shape index (κ3) is 7.11. The molecule has 1 atom stereocenters. The van der Waals surface area contributed by atoms with Gasteiger partial charge in [-0.15, -0.1) is 0 Å². The zero-order valence-electron chi connectivity index (χ0n) is 37.2. The molecule has 11 aromatic rings. The SMILES string of the molecule is N#Cc1cc(-c2ccc(-n3c4ccccc4c4cc(-c5ccnc(-c6ccccc6)c5)ccc43)c(C#N)c2-n2c3c(c4ccccc42)CC(c2ccnc(-c4ccccc4)c2)C=C3)cc(C(F)(F)F)c1. The maximum atomic E-state index is 14.6. The molecular weight excluding hydrogens is 874 g/mol. The van der Waals surface area contributed by atoms with Gasteiger partial charge < -0.3 is 9.13 Å². The highest BCUT2D eigenvalue weighted by Gasteiger charge is 2.33. The molecule has 1 aliphatic rings. The van der Waals surface area contributed by atoms with Crippen molar-refractivity contribution in [2.45, 2.75) is 18.5 Å². The van der Waals surface area contributed by atoms with Crippen molar-refractivity contribution in [3.8, 4) is 68.3 Å². The average molecular weight is 911 g/mol. The third-order valence-corrected chi connectivity index (χ3v) is 13.5. The molecule has 7 aromatic carbocycles. The highest BCUT2D eigenvalue weighted by molar-refractivity contribution is 6.11. The number of aromatic nitrogens is 4. The van der Waals surface area contributed by atoms with Crippen LogP contribution in [0.4, 0.5) is 13.2 Å². The third-order valence-electron chi connectivity index (χ3n) is 13.5. The van der Waals surface area contributed by atoms with Gasteiger partial charge >= 0.3 is 6.18 Å². The number of nitriles is 2. The Balaban J connectivity index is 1.09. The minimum Gasteiger partial charge on any atom is -0.308 e. The van der Waals surface area contributed by atoms with Crippen molar-refractivity contribution in [3.63, 3.8) is 0 Å². The quantitative estimate of drug-likeness (QED) is 0.159. The predicted molar refractivity (Wildman–Crippen MR) is 271 cm³/mol. The van der Waals surface area contributed by atoms with Crippen LogP contribution in [0.1, 0.15) is 39.4 Å². The van der Waals surface area contributed by atoms with Gasteiger partial charge in [0.05, 0.1) is 56.5 Å². The zero-order chi connectivity index (χ0) is 47.5. The molecule has 9 heteroatoms. The van der Waals surface area contributed by atoms with Gasteiger partial charge in [-0.25, -0.2) is 0 Å². The van der Waals surface area contributed by atoms with Crippen LogP contribution in [-0.4, -0.2) is 19.1 Å². The summed E-state index contributed by atoms with van der Waals surface area (Å²) < 4.78 is 48.0. The second-order valence-corrected chi connectivity index (χ2v) is 17.5. The molecule has 0 amide bonds. The lowest BCUT2D eigenvalue weighted by atomic mass is 9.86. The van der Waals surface area contributed by atoms with Crippen LogP contribution in [0.25, 0.3) is 94.9 Å². The molecule has 0 saturated carbocycles. The molecule has 6 nitrogen and oxygen atoms in total. The number of para-hydroxylation sites is 2. The lowest BCUT2D eigenvalue weighted by Gasteiger charge is -2.23. The summed E-state index contributed by atoms with van der Waals surface area (Å²) in [6.07, 6.45) is 3.77. The van der Waals surface area contributed by atoms with Gasteiger partial charge in [-0.3, -0.25) is 9.97 Å². The van der Waals surface area contributed by atoms with Gasteiger partial charge in [-0.05, 0) is 113 Å². The van der Waals surface area contributed by atoms with Gasteiger partial charge in [-0.1, -0.05) is 115 Å². The van der Waals surface area contributed by atoms with E-state index in [2.05, 4.69) is 75.2 Å². The summed E-state index contributed by atoms with van der Waals surface area (Å²) in [6, 6.07) is 62.2. The number of rotatable bonds is 7. The first kappa shape index (κ1) is 42.1. The number of pyridine rings is 2. The van der Waals surface area contributed by atoms with E-state index in [4.69, 9.17) is 0 Å². The maximum Gasteiger partial charge on any atom is 0.416 e. The fourth-order valence-corrected chi connectivity index (χ4v) is 10.3. The Morgan fingerprint density at radius 1 is 0.529 bits per heavy atom. The number of alkyl halides is 3. The van der Waals surface area contributed by atoms with Crippen LogP contribution >= 0.6 is 0 Å². The molecule has 0 fully saturated rings. The summed E-state index contributed by atoms with van der Waals surface area (Å²) >= 11 is 0. The molecular formula is C61H37F3N6. The molecule has 1 unspecified atom stereocenters.